The Morgan fingerprint density at radius 1 is 1.19 bits per heavy atom. The van der Waals surface area contributed by atoms with Gasteiger partial charge in [-0.25, -0.2) is 4.79 Å². The summed E-state index contributed by atoms with van der Waals surface area (Å²) in [5.41, 5.74) is 0.580. The summed E-state index contributed by atoms with van der Waals surface area (Å²) in [5.74, 6) is -0.364. The molecule has 1 atom stereocenters. The van der Waals surface area contributed by atoms with E-state index in [0.717, 1.165) is 10.8 Å². The molecule has 21 heavy (non-hydrogen) atoms. The number of ether oxygens (including phenoxy) is 2. The summed E-state index contributed by atoms with van der Waals surface area (Å²) in [6, 6.07) is 10.9. The van der Waals surface area contributed by atoms with E-state index in [1.807, 2.05) is 24.3 Å². The van der Waals surface area contributed by atoms with E-state index in [-0.39, 0.29) is 13.2 Å². The Kier molecular flexibility index (Phi) is 5.14. The average molecular weight is 290 g/mol. The first-order chi connectivity index (χ1) is 10.2. The van der Waals surface area contributed by atoms with Crippen LogP contribution in [0.3, 0.4) is 0 Å². The fraction of sp³-hybridized carbons (Fsp3) is 0.312. The molecular formula is C16H18O5. The number of benzene rings is 2. The number of carbonyl (C=O) groups is 1. The zero-order chi connectivity index (χ0) is 15.2. The lowest BCUT2D eigenvalue weighted by molar-refractivity contribution is -0.151. The van der Waals surface area contributed by atoms with Crippen LogP contribution in [0.4, 0.5) is 0 Å². The summed E-state index contributed by atoms with van der Waals surface area (Å²) >= 11 is 0. The molecular weight excluding hydrogens is 272 g/mol. The standard InChI is InChI=1S/C16H18O5/c1-20-14-8-7-13(11-5-2-3-6-12(11)14)15(16(18)19)21-10-4-9-17/h2-3,5-8,15,17H,4,9-10H2,1H3,(H,18,19). The molecule has 2 N–H and O–H groups in total. The zero-order valence-electron chi connectivity index (χ0n) is 11.8. The first-order valence-electron chi connectivity index (χ1n) is 6.70. The molecule has 112 valence electrons. The molecule has 0 aliphatic rings. The molecule has 5 heteroatoms. The second kappa shape index (κ2) is 7.06. The van der Waals surface area contributed by atoms with Gasteiger partial charge in [-0.15, -0.1) is 0 Å². The minimum Gasteiger partial charge on any atom is -0.496 e. The summed E-state index contributed by atoms with van der Waals surface area (Å²) in [4.78, 5) is 11.5. The van der Waals surface area contributed by atoms with E-state index in [4.69, 9.17) is 14.6 Å². The number of hydrogen-bond acceptors (Lipinski definition) is 4. The predicted molar refractivity (Wildman–Crippen MR) is 78.5 cm³/mol. The maximum absolute atomic E-state index is 11.5. The Morgan fingerprint density at radius 2 is 1.90 bits per heavy atom. The Morgan fingerprint density at radius 3 is 2.52 bits per heavy atom. The Balaban J connectivity index is 2.45. The molecule has 0 aromatic heterocycles. The topological polar surface area (TPSA) is 76.0 Å². The molecule has 0 saturated heterocycles. The van der Waals surface area contributed by atoms with E-state index in [1.54, 1.807) is 19.2 Å². The van der Waals surface area contributed by atoms with Gasteiger partial charge in [-0.1, -0.05) is 30.3 Å². The van der Waals surface area contributed by atoms with Gasteiger partial charge >= 0.3 is 5.97 Å². The van der Waals surface area contributed by atoms with E-state index in [0.29, 0.717) is 17.7 Å². The number of fused-ring (bicyclic) bond motifs is 1. The molecule has 2 rings (SSSR count). The van der Waals surface area contributed by atoms with E-state index in [1.165, 1.54) is 0 Å². The summed E-state index contributed by atoms with van der Waals surface area (Å²) in [6.45, 7) is 0.156. The van der Waals surface area contributed by atoms with E-state index in [2.05, 4.69) is 0 Å². The number of aliphatic hydroxyl groups is 1. The molecule has 2 aromatic rings. The molecule has 0 heterocycles. The van der Waals surface area contributed by atoms with Crippen LogP contribution in [0.25, 0.3) is 10.8 Å². The van der Waals surface area contributed by atoms with Crippen molar-refractivity contribution in [2.24, 2.45) is 0 Å². The average Bonchev–Trinajstić information content (AvgIpc) is 2.50. The number of carboxylic acids is 1. The van der Waals surface area contributed by atoms with E-state index in [9.17, 15) is 9.90 Å². The molecule has 0 spiro atoms. The largest absolute Gasteiger partial charge is 0.496 e. The van der Waals surface area contributed by atoms with Crippen molar-refractivity contribution in [1.29, 1.82) is 0 Å². The van der Waals surface area contributed by atoms with Gasteiger partial charge in [0.1, 0.15) is 5.75 Å². The molecule has 5 nitrogen and oxygen atoms in total. The maximum Gasteiger partial charge on any atom is 0.337 e. The first-order valence-corrected chi connectivity index (χ1v) is 6.70. The maximum atomic E-state index is 11.5. The monoisotopic (exact) mass is 290 g/mol. The number of aliphatic hydroxyl groups excluding tert-OH is 1. The third-order valence-corrected chi connectivity index (χ3v) is 3.23. The number of carboxylic acid groups (broad SMARTS) is 1. The molecule has 0 aliphatic heterocycles. The van der Waals surface area contributed by atoms with Crippen molar-refractivity contribution < 1.29 is 24.5 Å². The van der Waals surface area contributed by atoms with Gasteiger partial charge in [-0.3, -0.25) is 0 Å². The molecule has 2 aromatic carbocycles. The third-order valence-electron chi connectivity index (χ3n) is 3.23. The van der Waals surface area contributed by atoms with Gasteiger partial charge in [0, 0.05) is 17.6 Å². The first kappa shape index (κ1) is 15.3. The van der Waals surface area contributed by atoms with Gasteiger partial charge in [0.05, 0.1) is 13.7 Å². The van der Waals surface area contributed by atoms with Crippen LogP contribution in [-0.4, -0.2) is 36.5 Å². The lowest BCUT2D eigenvalue weighted by Gasteiger charge is -2.17. The summed E-state index contributed by atoms with van der Waals surface area (Å²) in [6.07, 6.45) is -0.662. The smallest absolute Gasteiger partial charge is 0.337 e. The zero-order valence-corrected chi connectivity index (χ0v) is 11.8. The van der Waals surface area contributed by atoms with Crippen molar-refractivity contribution in [2.45, 2.75) is 12.5 Å². The number of methoxy groups -OCH3 is 1. The highest BCUT2D eigenvalue weighted by atomic mass is 16.5. The van der Waals surface area contributed by atoms with Crippen LogP contribution in [0.1, 0.15) is 18.1 Å². The predicted octanol–water partition coefficient (Wildman–Crippen LogP) is 2.37. The molecule has 0 amide bonds. The van der Waals surface area contributed by atoms with Crippen LogP contribution < -0.4 is 4.74 Å². The highest BCUT2D eigenvalue weighted by molar-refractivity contribution is 5.94. The Bertz CT molecular complexity index is 623. The second-order valence-electron chi connectivity index (χ2n) is 4.57. The fourth-order valence-electron chi connectivity index (χ4n) is 2.26. The van der Waals surface area contributed by atoms with Gasteiger partial charge in [0.25, 0.3) is 0 Å². The Labute approximate surface area is 122 Å². The van der Waals surface area contributed by atoms with Crippen molar-refractivity contribution >= 4 is 16.7 Å². The summed E-state index contributed by atoms with van der Waals surface area (Å²) in [5, 5.41) is 19.8. The van der Waals surface area contributed by atoms with Crippen molar-refractivity contribution in [1.82, 2.24) is 0 Å². The second-order valence-corrected chi connectivity index (χ2v) is 4.57. The van der Waals surface area contributed by atoms with E-state index < -0.39 is 12.1 Å². The normalized spacial score (nSPS) is 12.3. The van der Waals surface area contributed by atoms with Gasteiger partial charge in [-0.2, -0.15) is 0 Å². The minimum atomic E-state index is -1.06. The lowest BCUT2D eigenvalue weighted by Crippen LogP contribution is -2.17. The van der Waals surface area contributed by atoms with Gasteiger partial charge < -0.3 is 19.7 Å². The quantitative estimate of drug-likeness (QED) is 0.766. The van der Waals surface area contributed by atoms with E-state index >= 15 is 0 Å². The molecule has 0 fully saturated rings. The molecule has 0 bridgehead atoms. The van der Waals surface area contributed by atoms with Crippen molar-refractivity contribution in [3.8, 4) is 5.75 Å². The third kappa shape index (κ3) is 3.32. The minimum absolute atomic E-state index is 0.0320. The lowest BCUT2D eigenvalue weighted by atomic mass is 9.99. The Hall–Kier alpha value is -2.11. The number of rotatable bonds is 7. The van der Waals surface area contributed by atoms with Crippen LogP contribution in [0.5, 0.6) is 5.75 Å². The van der Waals surface area contributed by atoms with Crippen LogP contribution in [0.2, 0.25) is 0 Å². The van der Waals surface area contributed by atoms with Crippen LogP contribution in [0, 0.1) is 0 Å². The highest BCUT2D eigenvalue weighted by Crippen LogP contribution is 2.33. The highest BCUT2D eigenvalue weighted by Gasteiger charge is 2.23. The van der Waals surface area contributed by atoms with Gasteiger partial charge in [-0.05, 0) is 17.9 Å². The van der Waals surface area contributed by atoms with Gasteiger partial charge in [0.2, 0.25) is 0 Å². The molecule has 1 unspecified atom stereocenters. The summed E-state index contributed by atoms with van der Waals surface area (Å²) in [7, 11) is 1.58. The van der Waals surface area contributed by atoms with Crippen molar-refractivity contribution in [2.75, 3.05) is 20.3 Å². The number of aliphatic carboxylic acids is 1. The number of hydrogen-bond donors (Lipinski definition) is 2. The van der Waals surface area contributed by atoms with Gasteiger partial charge in [0.15, 0.2) is 6.10 Å². The summed E-state index contributed by atoms with van der Waals surface area (Å²) < 4.78 is 10.7. The van der Waals surface area contributed by atoms with Crippen molar-refractivity contribution in [3.05, 3.63) is 42.0 Å². The molecule has 0 saturated carbocycles. The molecule has 0 radical (unpaired) electrons. The SMILES string of the molecule is COc1ccc(C(OCCCO)C(=O)O)c2ccccc12. The van der Waals surface area contributed by atoms with Crippen LogP contribution in [0.15, 0.2) is 36.4 Å². The van der Waals surface area contributed by atoms with Crippen molar-refractivity contribution in [3.63, 3.8) is 0 Å². The van der Waals surface area contributed by atoms with Crippen LogP contribution in [-0.2, 0) is 9.53 Å². The molecule has 0 aliphatic carbocycles. The fourth-order valence-corrected chi connectivity index (χ4v) is 2.26. The van der Waals surface area contributed by atoms with Crippen LogP contribution >= 0.6 is 0 Å².